The van der Waals surface area contributed by atoms with Gasteiger partial charge in [-0.05, 0) is 25.3 Å². The molecular formula is C16H27N3O2S. The van der Waals surface area contributed by atoms with Gasteiger partial charge in [-0.15, -0.1) is 11.3 Å². The van der Waals surface area contributed by atoms with Gasteiger partial charge in [0.05, 0.1) is 6.54 Å². The van der Waals surface area contributed by atoms with Gasteiger partial charge in [-0.3, -0.25) is 9.69 Å². The Hall–Kier alpha value is -0.980. The Balaban J connectivity index is 1.99. The van der Waals surface area contributed by atoms with Gasteiger partial charge in [-0.1, -0.05) is 20.8 Å². The first-order valence-corrected chi connectivity index (χ1v) is 8.66. The maximum atomic E-state index is 12.7. The largest absolute Gasteiger partial charge is 0.379 e. The predicted molar refractivity (Wildman–Crippen MR) is 88.7 cm³/mol. The van der Waals surface area contributed by atoms with Gasteiger partial charge in [-0.2, -0.15) is 0 Å². The lowest BCUT2D eigenvalue weighted by molar-refractivity contribution is -0.160. The standard InChI is InChI=1S/C16H27N3O2S/c1-15(2,3)11-19-8-5-6-16(21,14(19)20)12-18(4)10-13-17-7-9-22-13/h7,9,21H,5-6,8,10-12H2,1-4H3/t16-/m0/s1. The van der Waals surface area contributed by atoms with Gasteiger partial charge in [0.15, 0.2) is 5.60 Å². The first-order valence-electron chi connectivity index (χ1n) is 7.78. The molecule has 124 valence electrons. The number of aromatic nitrogens is 1. The van der Waals surface area contributed by atoms with Gasteiger partial charge in [0.25, 0.3) is 5.91 Å². The number of carbonyl (C=O) groups is 1. The number of rotatable bonds is 5. The zero-order chi connectivity index (χ0) is 16.4. The molecule has 1 aliphatic heterocycles. The van der Waals surface area contributed by atoms with Gasteiger partial charge >= 0.3 is 0 Å². The molecule has 1 aliphatic rings. The smallest absolute Gasteiger partial charge is 0.255 e. The monoisotopic (exact) mass is 325 g/mol. The first kappa shape index (κ1) is 17.4. The Bertz CT molecular complexity index is 498. The summed E-state index contributed by atoms with van der Waals surface area (Å²) in [5.74, 6) is -0.125. The lowest BCUT2D eigenvalue weighted by atomic mass is 9.88. The van der Waals surface area contributed by atoms with Crippen molar-refractivity contribution in [3.63, 3.8) is 0 Å². The Kier molecular flexibility index (Phi) is 5.25. The summed E-state index contributed by atoms with van der Waals surface area (Å²) in [6, 6.07) is 0. The van der Waals surface area contributed by atoms with E-state index in [9.17, 15) is 9.90 Å². The summed E-state index contributed by atoms with van der Waals surface area (Å²) in [6.45, 7) is 8.78. The fourth-order valence-corrected chi connectivity index (χ4v) is 3.70. The summed E-state index contributed by atoms with van der Waals surface area (Å²) in [7, 11) is 1.93. The summed E-state index contributed by atoms with van der Waals surface area (Å²) < 4.78 is 0. The number of likely N-dealkylation sites (tertiary alicyclic amines) is 1. The van der Waals surface area contributed by atoms with Gasteiger partial charge in [-0.25, -0.2) is 4.98 Å². The molecule has 6 heteroatoms. The SMILES string of the molecule is CN(Cc1nccs1)C[C@@]1(O)CCCN(CC(C)(C)C)C1=O. The third kappa shape index (κ3) is 4.51. The molecule has 0 aromatic carbocycles. The summed E-state index contributed by atoms with van der Waals surface area (Å²) >= 11 is 1.59. The summed E-state index contributed by atoms with van der Waals surface area (Å²) in [4.78, 5) is 20.8. The molecule has 0 saturated carbocycles. The van der Waals surface area contributed by atoms with Crippen LogP contribution in [0.2, 0.25) is 0 Å². The van der Waals surface area contributed by atoms with Crippen molar-refractivity contribution in [2.45, 2.75) is 45.8 Å². The van der Waals surface area contributed by atoms with Gasteiger partial charge in [0.2, 0.25) is 0 Å². The van der Waals surface area contributed by atoms with E-state index in [0.717, 1.165) is 18.0 Å². The molecule has 1 atom stereocenters. The highest BCUT2D eigenvalue weighted by Crippen LogP contribution is 2.27. The molecule has 2 heterocycles. The number of amides is 1. The Morgan fingerprint density at radius 3 is 2.82 bits per heavy atom. The molecule has 0 bridgehead atoms. The Labute approximate surface area is 137 Å². The third-order valence-electron chi connectivity index (χ3n) is 3.79. The van der Waals surface area contributed by atoms with E-state index in [0.29, 0.717) is 26.1 Å². The van der Waals surface area contributed by atoms with Crippen molar-refractivity contribution < 1.29 is 9.90 Å². The molecule has 0 aliphatic carbocycles. The van der Waals surface area contributed by atoms with Crippen molar-refractivity contribution in [1.82, 2.24) is 14.8 Å². The van der Waals surface area contributed by atoms with Crippen molar-refractivity contribution in [3.8, 4) is 0 Å². The van der Waals surface area contributed by atoms with Gasteiger partial charge in [0, 0.05) is 31.2 Å². The molecule has 0 spiro atoms. The predicted octanol–water partition coefficient (Wildman–Crippen LogP) is 1.97. The second-order valence-electron chi connectivity index (χ2n) is 7.52. The minimum absolute atomic E-state index is 0.0424. The van der Waals surface area contributed by atoms with Crippen LogP contribution in [-0.2, 0) is 11.3 Å². The maximum Gasteiger partial charge on any atom is 0.255 e. The lowest BCUT2D eigenvalue weighted by Gasteiger charge is -2.42. The quantitative estimate of drug-likeness (QED) is 0.899. The van der Waals surface area contributed by atoms with Crippen LogP contribution in [0.5, 0.6) is 0 Å². The highest BCUT2D eigenvalue weighted by atomic mass is 32.1. The molecule has 1 aromatic heterocycles. The summed E-state index contributed by atoms with van der Waals surface area (Å²) in [5.41, 5.74) is -1.23. The molecule has 0 unspecified atom stereocenters. The normalized spacial score (nSPS) is 23.4. The van der Waals surface area contributed by atoms with Gasteiger partial charge in [0.1, 0.15) is 5.01 Å². The Morgan fingerprint density at radius 1 is 1.50 bits per heavy atom. The van der Waals surface area contributed by atoms with Crippen molar-refractivity contribution in [1.29, 1.82) is 0 Å². The second-order valence-corrected chi connectivity index (χ2v) is 8.50. The highest BCUT2D eigenvalue weighted by Gasteiger charge is 2.43. The van der Waals surface area contributed by atoms with E-state index in [2.05, 4.69) is 25.8 Å². The summed E-state index contributed by atoms with van der Waals surface area (Å²) in [5, 5.41) is 13.8. The van der Waals surface area contributed by atoms with Crippen molar-refractivity contribution in [3.05, 3.63) is 16.6 Å². The molecule has 1 fully saturated rings. The summed E-state index contributed by atoms with van der Waals surface area (Å²) in [6.07, 6.45) is 3.16. The molecule has 5 nitrogen and oxygen atoms in total. The number of aliphatic hydroxyl groups is 1. The van der Waals surface area contributed by atoms with Crippen LogP contribution in [0.1, 0.15) is 38.6 Å². The highest BCUT2D eigenvalue weighted by molar-refractivity contribution is 7.09. The minimum atomic E-state index is -1.27. The van der Waals surface area contributed by atoms with Crippen LogP contribution in [0.25, 0.3) is 0 Å². The van der Waals surface area contributed by atoms with E-state index >= 15 is 0 Å². The van der Waals surface area contributed by atoms with Crippen LogP contribution in [0, 0.1) is 5.41 Å². The number of hydrogen-bond acceptors (Lipinski definition) is 5. The average molecular weight is 325 g/mol. The number of likely N-dealkylation sites (N-methyl/N-ethyl adjacent to an activating group) is 1. The van der Waals surface area contributed by atoms with Crippen molar-refractivity contribution in [2.75, 3.05) is 26.7 Å². The van der Waals surface area contributed by atoms with E-state index in [4.69, 9.17) is 0 Å². The average Bonchev–Trinajstić information content (AvgIpc) is 2.86. The number of piperidine rings is 1. The van der Waals surface area contributed by atoms with E-state index < -0.39 is 5.60 Å². The zero-order valence-corrected chi connectivity index (χ0v) is 14.8. The number of nitrogens with zero attached hydrogens (tertiary/aromatic N) is 3. The van der Waals surface area contributed by atoms with E-state index in [-0.39, 0.29) is 11.3 Å². The van der Waals surface area contributed by atoms with Gasteiger partial charge < -0.3 is 10.0 Å². The zero-order valence-electron chi connectivity index (χ0n) is 14.0. The van der Waals surface area contributed by atoms with Crippen LogP contribution in [0.3, 0.4) is 0 Å². The van der Waals surface area contributed by atoms with Crippen LogP contribution >= 0.6 is 11.3 Å². The topological polar surface area (TPSA) is 56.7 Å². The Morgan fingerprint density at radius 2 is 2.23 bits per heavy atom. The van der Waals surface area contributed by atoms with Crippen molar-refractivity contribution in [2.24, 2.45) is 5.41 Å². The third-order valence-corrected chi connectivity index (χ3v) is 4.55. The number of hydrogen-bond donors (Lipinski definition) is 1. The maximum absolute atomic E-state index is 12.7. The molecule has 1 saturated heterocycles. The van der Waals surface area contributed by atoms with E-state index in [1.807, 2.05) is 22.2 Å². The van der Waals surface area contributed by atoms with Crippen LogP contribution in [0.4, 0.5) is 0 Å². The second kappa shape index (κ2) is 6.64. The molecule has 1 amide bonds. The van der Waals surface area contributed by atoms with E-state index in [1.165, 1.54) is 0 Å². The number of carbonyl (C=O) groups excluding carboxylic acids is 1. The minimum Gasteiger partial charge on any atom is -0.379 e. The number of thiazole rings is 1. The molecule has 22 heavy (non-hydrogen) atoms. The van der Waals surface area contributed by atoms with E-state index in [1.54, 1.807) is 17.5 Å². The lowest BCUT2D eigenvalue weighted by Crippen LogP contribution is -2.59. The fourth-order valence-electron chi connectivity index (χ4n) is 3.00. The van der Waals surface area contributed by atoms with Crippen LogP contribution in [0.15, 0.2) is 11.6 Å². The molecule has 1 N–H and O–H groups in total. The van der Waals surface area contributed by atoms with Crippen LogP contribution in [-0.4, -0.2) is 58.1 Å². The first-order chi connectivity index (χ1) is 10.2. The fraction of sp³-hybridized carbons (Fsp3) is 0.750. The van der Waals surface area contributed by atoms with Crippen molar-refractivity contribution >= 4 is 17.2 Å². The molecule has 1 aromatic rings. The molecule has 0 radical (unpaired) electrons. The molecule has 2 rings (SSSR count). The van der Waals surface area contributed by atoms with Crippen LogP contribution < -0.4 is 0 Å². The molecular weight excluding hydrogens is 298 g/mol.